The van der Waals surface area contributed by atoms with E-state index in [2.05, 4.69) is 145 Å². The summed E-state index contributed by atoms with van der Waals surface area (Å²) in [6.07, 6.45) is 48.9. The average Bonchev–Trinajstić information content (AvgIpc) is 1.62. The monoisotopic (exact) mass is 1890 g/mol. The quantitative estimate of drug-likeness (QED) is 0.0364. The molecule has 22 nitrogen and oxygen atoms in total. The summed E-state index contributed by atoms with van der Waals surface area (Å²) in [7, 11) is 6.04. The first-order valence-electron chi connectivity index (χ1n) is 41.4. The Morgan fingerprint density at radius 1 is 0.311 bits per heavy atom. The van der Waals surface area contributed by atoms with Crippen molar-refractivity contribution in [3.63, 3.8) is 0 Å². The van der Waals surface area contributed by atoms with Gasteiger partial charge < -0.3 is 87.2 Å². The molecule has 0 spiro atoms. The van der Waals surface area contributed by atoms with Gasteiger partial charge in [0.25, 0.3) is 0 Å². The van der Waals surface area contributed by atoms with Gasteiger partial charge in [0.2, 0.25) is 11.8 Å². The summed E-state index contributed by atoms with van der Waals surface area (Å²) in [5.41, 5.74) is 29.4. The maximum atomic E-state index is 12.3. The van der Waals surface area contributed by atoms with Crippen LogP contribution in [0.25, 0.3) is 182 Å². The molecule has 20 rings (SSSR count). The Bertz CT molecular complexity index is 7130. The van der Waals surface area contributed by atoms with Gasteiger partial charge in [-0.15, -0.1) is 44.1 Å². The van der Waals surface area contributed by atoms with E-state index in [0.717, 1.165) is 201 Å². The van der Waals surface area contributed by atoms with Crippen LogP contribution in [-0.2, 0) is 77.1 Å². The molecule has 16 bridgehead atoms. The predicted octanol–water partition coefficient (Wildman–Crippen LogP) is 9.01. The average molecular weight is 1890 g/mol. The van der Waals surface area contributed by atoms with E-state index >= 15 is 0 Å². The number of nitrogens with zero attached hydrogens (tertiary/aromatic N) is 14. The molecule has 0 fully saturated rings. The van der Waals surface area contributed by atoms with Crippen molar-refractivity contribution in [2.75, 3.05) is 26.3 Å². The second-order valence-corrected chi connectivity index (χ2v) is 30.6. The number of nitrogens with one attached hydrogen (secondary N) is 4. The van der Waals surface area contributed by atoms with E-state index in [0.29, 0.717) is 52.0 Å². The Labute approximate surface area is 803 Å². The first-order valence-corrected chi connectivity index (χ1v) is 41.4. The van der Waals surface area contributed by atoms with Crippen molar-refractivity contribution in [2.24, 2.45) is 21.1 Å². The van der Waals surface area contributed by atoms with Gasteiger partial charge in [-0.2, -0.15) is 0 Å². The van der Waals surface area contributed by atoms with Crippen LogP contribution in [0.4, 0.5) is 0 Å². The number of carbonyl (C=O) groups is 2. The van der Waals surface area contributed by atoms with Crippen LogP contribution in [0.1, 0.15) is 84.4 Å². The summed E-state index contributed by atoms with van der Waals surface area (Å²) in [5.74, 6) is 1.44. The number of rotatable bonds is 22. The van der Waals surface area contributed by atoms with Crippen LogP contribution >= 0.6 is 0 Å². The Kier molecular flexibility index (Phi) is 32.4. The molecular formula is C105H91Cl3Co2N18O4-4. The molecule has 2 radical (unpaired) electrons. The molecule has 2 amide bonds. The van der Waals surface area contributed by atoms with Gasteiger partial charge in [0.1, 0.15) is 32.6 Å². The van der Waals surface area contributed by atoms with Crippen LogP contribution in [0.2, 0.25) is 0 Å². The maximum absolute atomic E-state index is 12.3. The van der Waals surface area contributed by atoms with Crippen LogP contribution in [0, 0.1) is 0 Å². The fourth-order valence-corrected chi connectivity index (χ4v) is 15.9. The number of fused-ring (bicyclic) bond motifs is 16. The Morgan fingerprint density at radius 2 is 0.530 bits per heavy atom. The molecule has 0 saturated heterocycles. The third-order valence-electron chi connectivity index (χ3n) is 22.1. The molecule has 0 atom stereocenters. The van der Waals surface area contributed by atoms with Crippen molar-refractivity contribution in [2.45, 2.75) is 40.5 Å². The number of amides is 2. The minimum absolute atomic E-state index is 0. The number of carbonyl (C=O) groups excluding carboxylic acids is 2. The predicted molar refractivity (Wildman–Crippen MR) is 503 cm³/mol. The topological polar surface area (TPSA) is 267 Å². The zero-order valence-electron chi connectivity index (χ0n) is 70.5. The molecule has 668 valence electrons. The molecule has 14 aromatic heterocycles. The fourth-order valence-electron chi connectivity index (χ4n) is 15.9. The number of benzene rings is 2. The van der Waals surface area contributed by atoms with E-state index in [9.17, 15) is 9.59 Å². The van der Waals surface area contributed by atoms with Crippen LogP contribution in [0.15, 0.2) is 281 Å². The van der Waals surface area contributed by atoms with Gasteiger partial charge in [-0.25, -0.2) is 33.6 Å². The van der Waals surface area contributed by atoms with Gasteiger partial charge in [-0.05, 0) is 234 Å². The molecule has 18 heterocycles. The van der Waals surface area contributed by atoms with Gasteiger partial charge in [-0.1, -0.05) is 87.6 Å². The molecular weight excluding hydrogens is 1800 g/mol. The number of hydrogen-bond acceptors (Lipinski definition) is 11. The largest absolute Gasteiger partial charge is 1.00 e. The third kappa shape index (κ3) is 21.5. The third-order valence-corrected chi connectivity index (χ3v) is 22.1. The molecule has 0 unspecified atom stereocenters. The number of hydrogen-bond donors (Lipinski definition) is 4. The Balaban J connectivity index is 0.000000227. The van der Waals surface area contributed by atoms with Crippen molar-refractivity contribution < 1.29 is 104 Å². The number of aromatic nitrogens is 16. The van der Waals surface area contributed by atoms with Crippen molar-refractivity contribution >= 4 is 105 Å². The number of pyridine rings is 6. The second-order valence-electron chi connectivity index (χ2n) is 30.6. The number of halogens is 3. The maximum Gasteiger partial charge on any atom is 0.224 e. The van der Waals surface area contributed by atoms with E-state index in [1.165, 1.54) is 0 Å². The minimum Gasteiger partial charge on any atom is -1.00 e. The summed E-state index contributed by atoms with van der Waals surface area (Å²) >= 11 is 0. The molecule has 16 aromatic rings. The molecule has 0 saturated carbocycles. The van der Waals surface area contributed by atoms with Crippen LogP contribution in [0.5, 0.6) is 11.5 Å². The molecule has 4 aliphatic heterocycles. The van der Waals surface area contributed by atoms with Crippen LogP contribution in [0.3, 0.4) is 0 Å². The number of H-pyrrole nitrogens is 2. The van der Waals surface area contributed by atoms with Gasteiger partial charge in [0.15, 0.2) is 37.2 Å². The van der Waals surface area contributed by atoms with E-state index in [4.69, 9.17) is 49.3 Å². The minimum atomic E-state index is -0.0139. The van der Waals surface area contributed by atoms with Crippen molar-refractivity contribution in [3.8, 4) is 101 Å². The summed E-state index contributed by atoms with van der Waals surface area (Å²) in [6.45, 7) is 1.98. The van der Waals surface area contributed by atoms with Crippen LogP contribution in [-0.4, -0.2) is 83.0 Å². The molecule has 2 aromatic carbocycles. The van der Waals surface area contributed by atoms with Gasteiger partial charge >= 0.3 is 0 Å². The molecule has 4 aliphatic rings. The Hall–Kier alpha value is -14.5. The first-order chi connectivity index (χ1) is 61.5. The van der Waals surface area contributed by atoms with Crippen molar-refractivity contribution in [1.29, 1.82) is 0 Å². The SMILES string of the molecule is C.C.C[n+]1ccc(-c2c3nc(c(-c4cc[n+](C)cc4)c4ccc([n-]4)c(-c4cc[n+](C)cc4)c4nc(c(-c5ccc(OCCCNC(=O)Cc6cc[nH]c6)cc5)c5ccc2[n-]5)C=C4)C=C3)cc1.O=C(Cc1cc[nH]c1)NCCCOc1ccc(-c2c3nc(c(-c4ccncc4)c4ccc([n-]4)c(-c4ccncc4)c4nc(c(-c5ccncc5)c5ccc2[n-]5)C=C4)C=C3)cc1.[Cl-].[Cl-].[Cl-].[Co].[Co]. The zero-order valence-corrected chi connectivity index (χ0v) is 74.9. The standard InChI is InChI=1S/C53H45N9O2.C50H38N9O2.2CH4.3ClH.2Co/c1-60-26-18-37(19-27-60)51-43-11-9-41(56-43)50(36-5-7-40(8-6-36)64-32-4-24-55-49(63)33-35-17-25-54-34-35)42-10-12-44(57-42)52(38-20-28-61(2)29-21-38)46-14-16-48(59-46)53(47-15-13-45(51)58-47)39-22-30-62(3)31-23-39;60-46(30-32-14-22-54-31-32)55-21-1-29-61-37-4-2-33(3-5-37)47-38-6-8-40(56-38)48(34-15-23-51-24-16-34)42-10-12-44(58-42)50(36-19-27-53-28-20-36)45-13-11-43(59-45)49(35-17-25-52-26-18-35)41-9-7-39(47)57-41;;;;;;;/h5-23,25-31,34,54H,4,24,32-33H2,1-3H3;2-20,22-28,31,54H,1,21,29-30H2,(H2-,51,52,53,55,56,57,58,59,60);2*1H4;3*1H;;/q;-1;;;;;;;/p-3. The fraction of sp³-hybridized carbons (Fsp3) is 0.124. The smallest absolute Gasteiger partial charge is 0.224 e. The Morgan fingerprint density at radius 3 is 0.750 bits per heavy atom. The van der Waals surface area contributed by atoms with E-state index < -0.39 is 0 Å². The van der Waals surface area contributed by atoms with Gasteiger partial charge in [-0.3, -0.25) is 24.5 Å². The summed E-state index contributed by atoms with van der Waals surface area (Å²) in [4.78, 5) is 86.3. The molecule has 0 aliphatic carbocycles. The van der Waals surface area contributed by atoms with Gasteiger partial charge in [0, 0.05) is 145 Å². The second kappa shape index (κ2) is 44.2. The summed E-state index contributed by atoms with van der Waals surface area (Å²) < 4.78 is 18.3. The number of ether oxygens (including phenoxy) is 2. The summed E-state index contributed by atoms with van der Waals surface area (Å²) in [6, 6.07) is 61.0. The number of aryl methyl sites for hydroxylation is 3. The first kappa shape index (κ1) is 96.6. The summed E-state index contributed by atoms with van der Waals surface area (Å²) in [5, 5.41) is 5.95. The van der Waals surface area contributed by atoms with Crippen molar-refractivity contribution in [3.05, 3.63) is 338 Å². The van der Waals surface area contributed by atoms with Crippen molar-refractivity contribution in [1.82, 2.24) is 75.4 Å². The van der Waals surface area contributed by atoms with E-state index in [1.54, 1.807) is 37.2 Å². The molecule has 27 heteroatoms. The normalized spacial score (nSPS) is 11.2. The number of aromatic amines is 2. The van der Waals surface area contributed by atoms with E-state index in [1.807, 2.05) is 218 Å². The zero-order chi connectivity index (χ0) is 84.5. The van der Waals surface area contributed by atoms with Gasteiger partial charge in [0.05, 0.1) is 71.6 Å². The van der Waals surface area contributed by atoms with Crippen LogP contribution < -0.4 is 91.0 Å². The van der Waals surface area contributed by atoms with E-state index in [-0.39, 0.29) is 97.4 Å². The molecule has 132 heavy (non-hydrogen) atoms. The molecule has 4 N–H and O–H groups in total.